The van der Waals surface area contributed by atoms with Crippen LogP contribution in [0.4, 0.5) is 0 Å². The van der Waals surface area contributed by atoms with E-state index in [1.807, 2.05) is 6.92 Å². The Kier molecular flexibility index (Phi) is 5.45. The van der Waals surface area contributed by atoms with Crippen molar-refractivity contribution in [3.8, 4) is 0 Å². The van der Waals surface area contributed by atoms with Crippen LogP contribution in [0.25, 0.3) is 0 Å². The average Bonchev–Trinajstić information content (AvgIpc) is 1.87. The Labute approximate surface area is 67.5 Å². The van der Waals surface area contributed by atoms with E-state index < -0.39 is 9.84 Å². The fraction of sp³-hybridized carbons (Fsp3) is 1.00. The van der Waals surface area contributed by atoms with Crippen molar-refractivity contribution < 1.29 is 13.5 Å². The van der Waals surface area contributed by atoms with Crippen LogP contribution in [-0.2, 0) is 9.84 Å². The molecule has 0 fully saturated rings. The van der Waals surface area contributed by atoms with E-state index in [-0.39, 0.29) is 18.1 Å². The lowest BCUT2D eigenvalue weighted by molar-refractivity contribution is 0.319. The molecule has 2 N–H and O–H groups in total. The van der Waals surface area contributed by atoms with Gasteiger partial charge in [-0.15, -0.1) is 0 Å². The van der Waals surface area contributed by atoms with Gasteiger partial charge in [0.05, 0.1) is 18.1 Å². The Morgan fingerprint density at radius 1 is 1.36 bits per heavy atom. The Balaban J connectivity index is 3.56. The molecule has 0 aromatic heterocycles. The molecule has 68 valence electrons. The predicted molar refractivity (Wildman–Crippen MR) is 44.3 cm³/mol. The number of nitrogens with one attached hydrogen (secondary N) is 1. The van der Waals surface area contributed by atoms with Gasteiger partial charge in [-0.25, -0.2) is 8.42 Å². The van der Waals surface area contributed by atoms with Gasteiger partial charge in [0.25, 0.3) is 0 Å². The number of aliphatic hydroxyl groups is 1. The second kappa shape index (κ2) is 5.51. The minimum absolute atomic E-state index is 0.113. The van der Waals surface area contributed by atoms with Crippen molar-refractivity contribution >= 4 is 9.84 Å². The van der Waals surface area contributed by atoms with Gasteiger partial charge in [0.2, 0.25) is 0 Å². The molecule has 5 heteroatoms. The molecule has 0 saturated heterocycles. The van der Waals surface area contributed by atoms with E-state index in [2.05, 4.69) is 5.32 Å². The number of rotatable bonds is 6. The van der Waals surface area contributed by atoms with E-state index in [0.29, 0.717) is 6.54 Å². The summed E-state index contributed by atoms with van der Waals surface area (Å²) in [5.74, 6) is -0.0141. The second-order valence-corrected chi connectivity index (χ2v) is 4.53. The van der Waals surface area contributed by atoms with E-state index in [9.17, 15) is 8.42 Å². The summed E-state index contributed by atoms with van der Waals surface area (Å²) in [6, 6.07) is 0. The van der Waals surface area contributed by atoms with E-state index >= 15 is 0 Å². The number of sulfone groups is 1. The molecule has 0 aromatic rings. The van der Waals surface area contributed by atoms with Crippen molar-refractivity contribution in [2.45, 2.75) is 6.92 Å². The molecule has 11 heavy (non-hydrogen) atoms. The van der Waals surface area contributed by atoms with Crippen LogP contribution in [0.3, 0.4) is 0 Å². The molecule has 0 bridgehead atoms. The van der Waals surface area contributed by atoms with E-state index in [0.717, 1.165) is 6.54 Å². The fourth-order valence-corrected chi connectivity index (χ4v) is 1.58. The van der Waals surface area contributed by atoms with Crippen LogP contribution in [0.1, 0.15) is 6.92 Å². The predicted octanol–water partition coefficient (Wildman–Crippen LogP) is -0.997. The molecular formula is C6H15NO3S. The van der Waals surface area contributed by atoms with Crippen LogP contribution in [-0.4, -0.2) is 44.7 Å². The number of hydrogen-bond donors (Lipinski definition) is 2. The van der Waals surface area contributed by atoms with Gasteiger partial charge in [0.1, 0.15) is 0 Å². The molecular weight excluding hydrogens is 166 g/mol. The lowest BCUT2D eigenvalue weighted by atomic mass is 10.7. The maximum Gasteiger partial charge on any atom is 0.153 e. The van der Waals surface area contributed by atoms with E-state index in [4.69, 9.17) is 5.11 Å². The summed E-state index contributed by atoms with van der Waals surface area (Å²) in [5.41, 5.74) is 0. The molecule has 0 unspecified atom stereocenters. The largest absolute Gasteiger partial charge is 0.395 e. The molecule has 0 aromatic carbocycles. The summed E-state index contributed by atoms with van der Waals surface area (Å²) in [6.45, 7) is 2.88. The molecule has 0 rings (SSSR count). The smallest absolute Gasteiger partial charge is 0.153 e. The van der Waals surface area contributed by atoms with E-state index in [1.54, 1.807) is 0 Å². The van der Waals surface area contributed by atoms with Crippen molar-refractivity contribution in [2.24, 2.45) is 0 Å². The van der Waals surface area contributed by atoms with Gasteiger partial charge >= 0.3 is 0 Å². The average molecular weight is 181 g/mol. The van der Waals surface area contributed by atoms with Crippen LogP contribution in [0, 0.1) is 0 Å². The van der Waals surface area contributed by atoms with Crippen molar-refractivity contribution in [1.82, 2.24) is 5.32 Å². The Morgan fingerprint density at radius 3 is 2.45 bits per heavy atom. The quantitative estimate of drug-likeness (QED) is 0.516. The van der Waals surface area contributed by atoms with Crippen molar-refractivity contribution in [3.63, 3.8) is 0 Å². The molecule has 0 aliphatic heterocycles. The maximum atomic E-state index is 10.9. The third kappa shape index (κ3) is 6.28. The summed E-state index contributed by atoms with van der Waals surface area (Å²) in [4.78, 5) is 0. The van der Waals surface area contributed by atoms with Gasteiger partial charge in [0, 0.05) is 6.54 Å². The molecule has 0 radical (unpaired) electrons. The molecule has 0 amide bonds. The summed E-state index contributed by atoms with van der Waals surface area (Å²) < 4.78 is 21.8. The Bertz CT molecular complexity index is 176. The Morgan fingerprint density at radius 2 is 2.00 bits per heavy atom. The van der Waals surface area contributed by atoms with Crippen LogP contribution in [0.15, 0.2) is 0 Å². The molecule has 0 spiro atoms. The van der Waals surface area contributed by atoms with Crippen LogP contribution >= 0.6 is 0 Å². The summed E-state index contributed by atoms with van der Waals surface area (Å²) in [6.07, 6.45) is 0. The minimum atomic E-state index is -3.02. The normalized spacial score (nSPS) is 11.8. The SMILES string of the molecule is CCNCCS(=O)(=O)CCO. The lowest BCUT2D eigenvalue weighted by Crippen LogP contribution is -2.25. The summed E-state index contributed by atoms with van der Waals surface area (Å²) >= 11 is 0. The third-order valence-corrected chi connectivity index (χ3v) is 2.87. The topological polar surface area (TPSA) is 66.4 Å². The zero-order valence-electron chi connectivity index (χ0n) is 6.71. The maximum absolute atomic E-state index is 10.9. The molecule has 0 heterocycles. The van der Waals surface area contributed by atoms with Gasteiger partial charge in [0.15, 0.2) is 9.84 Å². The van der Waals surface area contributed by atoms with Crippen LogP contribution < -0.4 is 5.32 Å². The first-order valence-electron chi connectivity index (χ1n) is 3.64. The highest BCUT2D eigenvalue weighted by molar-refractivity contribution is 7.91. The van der Waals surface area contributed by atoms with Gasteiger partial charge < -0.3 is 10.4 Å². The highest BCUT2D eigenvalue weighted by atomic mass is 32.2. The van der Waals surface area contributed by atoms with Gasteiger partial charge in [-0.2, -0.15) is 0 Å². The zero-order chi connectivity index (χ0) is 8.74. The third-order valence-electron chi connectivity index (χ3n) is 1.24. The Hall–Kier alpha value is -0.130. The van der Waals surface area contributed by atoms with Crippen molar-refractivity contribution in [3.05, 3.63) is 0 Å². The van der Waals surface area contributed by atoms with Gasteiger partial charge in [-0.1, -0.05) is 6.92 Å². The fourth-order valence-electron chi connectivity index (χ4n) is 0.646. The van der Waals surface area contributed by atoms with Crippen molar-refractivity contribution in [2.75, 3.05) is 31.2 Å². The summed E-state index contributed by atoms with van der Waals surface area (Å²) in [7, 11) is -3.02. The van der Waals surface area contributed by atoms with Gasteiger partial charge in [-0.3, -0.25) is 0 Å². The molecule has 0 atom stereocenters. The van der Waals surface area contributed by atoms with Crippen molar-refractivity contribution in [1.29, 1.82) is 0 Å². The monoisotopic (exact) mass is 181 g/mol. The molecule has 0 saturated carbocycles. The first kappa shape index (κ1) is 10.9. The van der Waals surface area contributed by atoms with Gasteiger partial charge in [-0.05, 0) is 6.54 Å². The highest BCUT2D eigenvalue weighted by Gasteiger charge is 2.07. The number of hydrogen-bond acceptors (Lipinski definition) is 4. The minimum Gasteiger partial charge on any atom is -0.395 e. The molecule has 0 aliphatic carbocycles. The second-order valence-electron chi connectivity index (χ2n) is 2.23. The van der Waals surface area contributed by atoms with Crippen LogP contribution in [0.2, 0.25) is 0 Å². The van der Waals surface area contributed by atoms with E-state index in [1.165, 1.54) is 0 Å². The number of aliphatic hydroxyl groups excluding tert-OH is 1. The lowest BCUT2D eigenvalue weighted by Gasteiger charge is -2.01. The summed E-state index contributed by atoms with van der Waals surface area (Å²) in [5, 5.41) is 11.3. The molecule has 4 nitrogen and oxygen atoms in total. The first-order valence-corrected chi connectivity index (χ1v) is 5.46. The zero-order valence-corrected chi connectivity index (χ0v) is 7.52. The first-order chi connectivity index (χ1) is 5.12. The standard InChI is InChI=1S/C6H15NO3S/c1-2-7-3-5-11(9,10)6-4-8/h7-8H,2-6H2,1H3. The van der Waals surface area contributed by atoms with Crippen LogP contribution in [0.5, 0.6) is 0 Å². The highest BCUT2D eigenvalue weighted by Crippen LogP contribution is 1.86. The molecule has 0 aliphatic rings.